The number of aromatic nitrogens is 1. The fraction of sp³-hybridized carbons (Fsp3) is 0.412. The molecule has 122 valence electrons. The third kappa shape index (κ3) is 3.59. The minimum Gasteiger partial charge on any atom is -0.387 e. The van der Waals surface area contributed by atoms with Gasteiger partial charge in [-0.25, -0.2) is 4.98 Å². The summed E-state index contributed by atoms with van der Waals surface area (Å²) in [5.41, 5.74) is 3.56. The lowest BCUT2D eigenvalue weighted by molar-refractivity contribution is -0.0221. The molecule has 1 aromatic heterocycles. The summed E-state index contributed by atoms with van der Waals surface area (Å²) in [5, 5.41) is 15.6. The van der Waals surface area contributed by atoms with E-state index >= 15 is 0 Å². The highest BCUT2D eigenvalue weighted by molar-refractivity contribution is 8.00. The summed E-state index contributed by atoms with van der Waals surface area (Å²) in [6.45, 7) is 2.41. The van der Waals surface area contributed by atoms with Crippen molar-refractivity contribution in [1.29, 1.82) is 0 Å². The minimum absolute atomic E-state index is 0.143. The Balaban J connectivity index is 1.58. The molecule has 0 spiro atoms. The Hall–Kier alpha value is -1.37. The third-order valence-corrected chi connectivity index (χ3v) is 6.23. The van der Waals surface area contributed by atoms with Gasteiger partial charge >= 0.3 is 0 Å². The van der Waals surface area contributed by atoms with Crippen LogP contribution in [0.4, 0.5) is 0 Å². The SMILES string of the molecule is CCS[C@H]1CC[C@]1(O)CNC(=O)c1ccc(-c2cscn2)cc1. The van der Waals surface area contributed by atoms with E-state index in [-0.39, 0.29) is 11.2 Å². The summed E-state index contributed by atoms with van der Waals surface area (Å²) in [5.74, 6) is 0.842. The first kappa shape index (κ1) is 16.5. The molecule has 0 unspecified atom stereocenters. The molecule has 0 saturated heterocycles. The number of thiazole rings is 1. The molecule has 2 N–H and O–H groups in total. The molecule has 2 atom stereocenters. The van der Waals surface area contributed by atoms with E-state index in [1.165, 1.54) is 0 Å². The molecule has 6 heteroatoms. The maximum atomic E-state index is 12.3. The normalized spacial score (nSPS) is 23.3. The average Bonchev–Trinajstić information content (AvgIpc) is 3.11. The maximum Gasteiger partial charge on any atom is 0.251 e. The molecule has 0 bridgehead atoms. The summed E-state index contributed by atoms with van der Waals surface area (Å²) in [6, 6.07) is 7.40. The van der Waals surface area contributed by atoms with Crippen molar-refractivity contribution >= 4 is 29.0 Å². The van der Waals surface area contributed by atoms with Crippen molar-refractivity contribution in [2.24, 2.45) is 0 Å². The lowest BCUT2D eigenvalue weighted by atomic mass is 9.79. The van der Waals surface area contributed by atoms with E-state index < -0.39 is 5.60 Å². The van der Waals surface area contributed by atoms with E-state index in [1.807, 2.05) is 17.5 Å². The lowest BCUT2D eigenvalue weighted by Gasteiger charge is -2.45. The van der Waals surface area contributed by atoms with E-state index in [9.17, 15) is 9.90 Å². The van der Waals surface area contributed by atoms with E-state index in [0.29, 0.717) is 12.1 Å². The Morgan fingerprint density at radius 2 is 2.26 bits per heavy atom. The monoisotopic (exact) mass is 348 g/mol. The summed E-state index contributed by atoms with van der Waals surface area (Å²) in [4.78, 5) is 16.5. The van der Waals surface area contributed by atoms with Crippen molar-refractivity contribution in [3.63, 3.8) is 0 Å². The molecule has 1 fully saturated rings. The van der Waals surface area contributed by atoms with Crippen LogP contribution in [0.2, 0.25) is 0 Å². The lowest BCUT2D eigenvalue weighted by Crippen LogP contribution is -2.57. The molecule has 1 saturated carbocycles. The van der Waals surface area contributed by atoms with Crippen LogP contribution in [0.1, 0.15) is 30.1 Å². The van der Waals surface area contributed by atoms with Crippen molar-refractivity contribution < 1.29 is 9.90 Å². The summed E-state index contributed by atoms with van der Waals surface area (Å²) < 4.78 is 0. The minimum atomic E-state index is -0.753. The fourth-order valence-electron chi connectivity index (χ4n) is 2.72. The van der Waals surface area contributed by atoms with E-state index in [0.717, 1.165) is 29.9 Å². The highest BCUT2D eigenvalue weighted by Gasteiger charge is 2.45. The van der Waals surface area contributed by atoms with E-state index in [2.05, 4.69) is 17.2 Å². The van der Waals surface area contributed by atoms with Crippen LogP contribution in [-0.4, -0.2) is 39.1 Å². The Morgan fingerprint density at radius 3 is 2.83 bits per heavy atom. The predicted octanol–water partition coefficient (Wildman–Crippen LogP) is 3.19. The Morgan fingerprint density at radius 1 is 1.48 bits per heavy atom. The van der Waals surface area contributed by atoms with Gasteiger partial charge in [-0.15, -0.1) is 11.3 Å². The van der Waals surface area contributed by atoms with E-state index in [4.69, 9.17) is 0 Å². The number of rotatable bonds is 6. The summed E-state index contributed by atoms with van der Waals surface area (Å²) >= 11 is 3.31. The van der Waals surface area contributed by atoms with Gasteiger partial charge in [0.05, 0.1) is 16.8 Å². The smallest absolute Gasteiger partial charge is 0.251 e. The van der Waals surface area contributed by atoms with Crippen molar-refractivity contribution in [2.75, 3.05) is 12.3 Å². The zero-order chi connectivity index (χ0) is 16.3. The molecule has 3 rings (SSSR count). The van der Waals surface area contributed by atoms with Crippen LogP contribution in [-0.2, 0) is 0 Å². The highest BCUT2D eigenvalue weighted by atomic mass is 32.2. The van der Waals surface area contributed by atoms with Crippen LogP contribution in [0.15, 0.2) is 35.2 Å². The van der Waals surface area contributed by atoms with E-state index in [1.54, 1.807) is 40.7 Å². The Labute approximate surface area is 144 Å². The number of aliphatic hydroxyl groups is 1. The Bertz CT molecular complexity index is 658. The topological polar surface area (TPSA) is 62.2 Å². The van der Waals surface area contributed by atoms with Crippen LogP contribution in [0.25, 0.3) is 11.3 Å². The molecule has 2 aromatic rings. The molecule has 0 aliphatic heterocycles. The van der Waals surface area contributed by atoms with Gasteiger partial charge in [0, 0.05) is 28.3 Å². The van der Waals surface area contributed by atoms with Crippen LogP contribution >= 0.6 is 23.1 Å². The number of thioether (sulfide) groups is 1. The van der Waals surface area contributed by atoms with Gasteiger partial charge in [0.15, 0.2) is 0 Å². The van der Waals surface area contributed by atoms with Crippen LogP contribution in [0.3, 0.4) is 0 Å². The quantitative estimate of drug-likeness (QED) is 0.842. The molecule has 1 aliphatic carbocycles. The van der Waals surface area contributed by atoms with Gasteiger partial charge in [-0.2, -0.15) is 11.8 Å². The first-order valence-electron chi connectivity index (χ1n) is 7.73. The fourth-order valence-corrected chi connectivity index (χ4v) is 4.48. The third-order valence-electron chi connectivity index (χ3n) is 4.24. The molecule has 1 aliphatic rings. The first-order valence-corrected chi connectivity index (χ1v) is 9.72. The molecule has 0 radical (unpaired) electrons. The predicted molar refractivity (Wildman–Crippen MR) is 96.0 cm³/mol. The zero-order valence-corrected chi connectivity index (χ0v) is 14.6. The average molecular weight is 348 g/mol. The summed E-state index contributed by atoms with van der Waals surface area (Å²) in [7, 11) is 0. The Kier molecular flexibility index (Phi) is 5.04. The number of amides is 1. The maximum absolute atomic E-state index is 12.3. The number of carbonyl (C=O) groups excluding carboxylic acids is 1. The highest BCUT2D eigenvalue weighted by Crippen LogP contribution is 2.40. The molecule has 1 aromatic carbocycles. The molecule has 1 heterocycles. The van der Waals surface area contributed by atoms with Gasteiger partial charge in [0.25, 0.3) is 5.91 Å². The standard InChI is InChI=1S/C17H20N2O2S2/c1-2-23-15-7-8-17(15,21)10-18-16(20)13-5-3-12(4-6-13)14-9-22-11-19-14/h3-6,9,11,15,21H,2,7-8,10H2,1H3,(H,18,20)/t15-,17-/m0/s1. The number of hydrogen-bond donors (Lipinski definition) is 2. The second-order valence-electron chi connectivity index (χ2n) is 5.72. The molecule has 4 nitrogen and oxygen atoms in total. The van der Waals surface area contributed by atoms with Crippen molar-refractivity contribution in [2.45, 2.75) is 30.6 Å². The number of carbonyl (C=O) groups is 1. The van der Waals surface area contributed by atoms with Crippen LogP contribution < -0.4 is 5.32 Å². The van der Waals surface area contributed by atoms with Crippen LogP contribution in [0.5, 0.6) is 0 Å². The largest absolute Gasteiger partial charge is 0.387 e. The molecular formula is C17H20N2O2S2. The summed E-state index contributed by atoms with van der Waals surface area (Å²) in [6.07, 6.45) is 1.78. The molecule has 1 amide bonds. The van der Waals surface area contributed by atoms with Gasteiger partial charge in [0.2, 0.25) is 0 Å². The number of nitrogens with zero attached hydrogens (tertiary/aromatic N) is 1. The molecular weight excluding hydrogens is 328 g/mol. The van der Waals surface area contributed by atoms with Crippen LogP contribution in [0, 0.1) is 0 Å². The second kappa shape index (κ2) is 7.03. The number of benzene rings is 1. The second-order valence-corrected chi connectivity index (χ2v) is 7.92. The number of nitrogens with one attached hydrogen (secondary N) is 1. The zero-order valence-electron chi connectivity index (χ0n) is 13.0. The van der Waals surface area contributed by atoms with Gasteiger partial charge in [-0.05, 0) is 30.7 Å². The van der Waals surface area contributed by atoms with Gasteiger partial charge < -0.3 is 10.4 Å². The van der Waals surface area contributed by atoms with Gasteiger partial charge in [-0.3, -0.25) is 4.79 Å². The van der Waals surface area contributed by atoms with Gasteiger partial charge in [0.1, 0.15) is 0 Å². The van der Waals surface area contributed by atoms with Crippen molar-refractivity contribution in [3.05, 3.63) is 40.7 Å². The molecule has 23 heavy (non-hydrogen) atoms. The van der Waals surface area contributed by atoms with Crippen molar-refractivity contribution in [3.8, 4) is 11.3 Å². The van der Waals surface area contributed by atoms with Gasteiger partial charge in [-0.1, -0.05) is 19.1 Å². The van der Waals surface area contributed by atoms with Crippen molar-refractivity contribution in [1.82, 2.24) is 10.3 Å². The number of hydrogen-bond acceptors (Lipinski definition) is 5. The first-order chi connectivity index (χ1) is 11.1.